The molecule has 0 aromatic rings. The Morgan fingerprint density at radius 2 is 2.00 bits per heavy atom. The van der Waals surface area contributed by atoms with E-state index in [2.05, 4.69) is 12.2 Å². The van der Waals surface area contributed by atoms with Gasteiger partial charge in [0.05, 0.1) is 10.4 Å². The van der Waals surface area contributed by atoms with Gasteiger partial charge in [-0.1, -0.05) is 19.1 Å². The van der Waals surface area contributed by atoms with E-state index in [1.54, 1.807) is 0 Å². The van der Waals surface area contributed by atoms with Crippen molar-refractivity contribution < 1.29 is 4.79 Å². The van der Waals surface area contributed by atoms with Crippen molar-refractivity contribution in [2.75, 3.05) is 11.5 Å². The van der Waals surface area contributed by atoms with Gasteiger partial charge in [-0.2, -0.15) is 11.8 Å². The molecule has 0 unspecified atom stereocenters. The lowest BCUT2D eigenvalue weighted by molar-refractivity contribution is -0.133. The van der Waals surface area contributed by atoms with Crippen LogP contribution in [0.5, 0.6) is 0 Å². The first kappa shape index (κ1) is 13.1. The van der Waals surface area contributed by atoms with Gasteiger partial charge in [-0.15, -0.1) is 0 Å². The van der Waals surface area contributed by atoms with E-state index in [9.17, 15) is 4.79 Å². The van der Waals surface area contributed by atoms with Gasteiger partial charge in [-0.3, -0.25) is 4.79 Å². The van der Waals surface area contributed by atoms with Gasteiger partial charge < -0.3 is 11.1 Å². The Bertz CT molecular complexity index is 320. The van der Waals surface area contributed by atoms with Gasteiger partial charge in [-0.25, -0.2) is 0 Å². The second-order valence-corrected chi connectivity index (χ2v) is 6.98. The van der Waals surface area contributed by atoms with Gasteiger partial charge in [0, 0.05) is 6.04 Å². The van der Waals surface area contributed by atoms with E-state index < -0.39 is 5.41 Å². The second-order valence-electron chi connectivity index (χ2n) is 5.32. The summed E-state index contributed by atoms with van der Waals surface area (Å²) in [4.78, 5) is 12.7. The Morgan fingerprint density at radius 1 is 1.41 bits per heavy atom. The summed E-state index contributed by atoms with van der Waals surface area (Å²) >= 11 is 7.05. The van der Waals surface area contributed by atoms with Crippen LogP contribution in [0.4, 0.5) is 0 Å². The molecule has 0 atom stereocenters. The van der Waals surface area contributed by atoms with E-state index in [1.807, 2.05) is 11.8 Å². The van der Waals surface area contributed by atoms with Crippen molar-refractivity contribution in [1.82, 2.24) is 5.32 Å². The lowest BCUT2D eigenvalue weighted by Crippen LogP contribution is -2.57. The second kappa shape index (κ2) is 5.14. The molecule has 1 amide bonds. The number of carbonyl (C=O) groups excluding carboxylic acids is 1. The summed E-state index contributed by atoms with van der Waals surface area (Å²) in [5, 5.41) is 3.14. The molecule has 96 valence electrons. The third kappa shape index (κ3) is 2.60. The van der Waals surface area contributed by atoms with Gasteiger partial charge in [0.1, 0.15) is 0 Å². The fourth-order valence-electron chi connectivity index (χ4n) is 2.79. The summed E-state index contributed by atoms with van der Waals surface area (Å²) in [5.74, 6) is 2.91. The van der Waals surface area contributed by atoms with Gasteiger partial charge >= 0.3 is 0 Å². The minimum Gasteiger partial charge on any atom is -0.392 e. The predicted octanol–water partition coefficient (Wildman–Crippen LogP) is 1.70. The first-order valence-corrected chi connectivity index (χ1v) is 7.79. The minimum absolute atomic E-state index is 0.0694. The zero-order valence-corrected chi connectivity index (χ0v) is 11.8. The van der Waals surface area contributed by atoms with Crippen molar-refractivity contribution in [1.29, 1.82) is 0 Å². The molecule has 2 rings (SSSR count). The third-order valence-electron chi connectivity index (χ3n) is 3.86. The van der Waals surface area contributed by atoms with Crippen LogP contribution >= 0.6 is 24.0 Å². The number of carbonyl (C=O) groups is 1. The SMILES string of the molecule is CC1CC(C(=O)NC2CCSCC2)(C(N)=S)C1. The standard InChI is InChI=1S/C12H20N2OS2/c1-8-6-12(7-8,10(13)16)11(15)14-9-2-4-17-5-3-9/h8-9H,2-7H2,1H3,(H2,13,16)(H,14,15). The van der Waals surface area contributed by atoms with E-state index in [4.69, 9.17) is 18.0 Å². The van der Waals surface area contributed by atoms with Crippen molar-refractivity contribution >= 4 is 34.9 Å². The molecule has 1 aliphatic carbocycles. The maximum atomic E-state index is 12.3. The number of thiocarbonyl (C=S) groups is 1. The van der Waals surface area contributed by atoms with Gasteiger partial charge in [-0.05, 0) is 43.1 Å². The van der Waals surface area contributed by atoms with Gasteiger partial charge in [0.15, 0.2) is 0 Å². The summed E-state index contributed by atoms with van der Waals surface area (Å²) in [6.45, 7) is 2.14. The first-order chi connectivity index (χ1) is 8.04. The Labute approximate surface area is 112 Å². The average molecular weight is 272 g/mol. The zero-order chi connectivity index (χ0) is 12.5. The van der Waals surface area contributed by atoms with Crippen molar-refractivity contribution in [3.8, 4) is 0 Å². The first-order valence-electron chi connectivity index (χ1n) is 6.23. The third-order valence-corrected chi connectivity index (χ3v) is 5.30. The van der Waals surface area contributed by atoms with Crippen molar-refractivity contribution in [3.05, 3.63) is 0 Å². The van der Waals surface area contributed by atoms with Crippen LogP contribution in [-0.4, -0.2) is 28.4 Å². The molecule has 3 N–H and O–H groups in total. The lowest BCUT2D eigenvalue weighted by atomic mass is 9.62. The van der Waals surface area contributed by atoms with Crippen LogP contribution in [0.3, 0.4) is 0 Å². The molecule has 1 saturated carbocycles. The predicted molar refractivity (Wildman–Crippen MR) is 76.1 cm³/mol. The highest BCUT2D eigenvalue weighted by Gasteiger charge is 2.51. The molecular weight excluding hydrogens is 252 g/mol. The van der Waals surface area contributed by atoms with Crippen molar-refractivity contribution in [2.45, 2.75) is 38.6 Å². The molecule has 0 aromatic heterocycles. The quantitative estimate of drug-likeness (QED) is 0.768. The monoisotopic (exact) mass is 272 g/mol. The average Bonchev–Trinajstić information content (AvgIpc) is 2.25. The van der Waals surface area contributed by atoms with Crippen LogP contribution in [0.15, 0.2) is 0 Å². The number of thioether (sulfide) groups is 1. The fraction of sp³-hybridized carbons (Fsp3) is 0.833. The number of hydrogen-bond acceptors (Lipinski definition) is 3. The van der Waals surface area contributed by atoms with Crippen molar-refractivity contribution in [3.63, 3.8) is 0 Å². The van der Waals surface area contributed by atoms with E-state index in [1.165, 1.54) is 0 Å². The molecule has 17 heavy (non-hydrogen) atoms. The Hall–Kier alpha value is -0.290. The highest BCUT2D eigenvalue weighted by atomic mass is 32.2. The number of nitrogens with one attached hydrogen (secondary N) is 1. The van der Waals surface area contributed by atoms with Gasteiger partial charge in [0.2, 0.25) is 5.91 Å². The van der Waals surface area contributed by atoms with Crippen LogP contribution in [-0.2, 0) is 4.79 Å². The van der Waals surface area contributed by atoms with Crippen LogP contribution in [0.1, 0.15) is 32.6 Å². The number of amides is 1. The van der Waals surface area contributed by atoms with Crippen molar-refractivity contribution in [2.24, 2.45) is 17.1 Å². The summed E-state index contributed by atoms with van der Waals surface area (Å²) < 4.78 is 0. The lowest BCUT2D eigenvalue weighted by Gasteiger charge is -2.45. The van der Waals surface area contributed by atoms with Crippen LogP contribution < -0.4 is 11.1 Å². The van der Waals surface area contributed by atoms with Gasteiger partial charge in [0.25, 0.3) is 0 Å². The molecule has 0 spiro atoms. The molecule has 1 heterocycles. The smallest absolute Gasteiger partial charge is 0.233 e. The van der Waals surface area contributed by atoms with E-state index >= 15 is 0 Å². The molecule has 0 bridgehead atoms. The van der Waals surface area contributed by atoms with E-state index in [0.29, 0.717) is 16.9 Å². The summed E-state index contributed by atoms with van der Waals surface area (Å²) in [7, 11) is 0. The summed E-state index contributed by atoms with van der Waals surface area (Å²) in [6.07, 6.45) is 3.77. The molecule has 0 aromatic carbocycles. The number of hydrogen-bond donors (Lipinski definition) is 2. The molecular formula is C12H20N2OS2. The summed E-state index contributed by atoms with van der Waals surface area (Å²) in [6, 6.07) is 0.325. The Morgan fingerprint density at radius 3 is 2.47 bits per heavy atom. The minimum atomic E-state index is -0.542. The normalized spacial score (nSPS) is 33.8. The molecule has 0 radical (unpaired) electrons. The fourth-order valence-corrected chi connectivity index (χ4v) is 4.16. The Kier molecular flexibility index (Phi) is 3.98. The zero-order valence-electron chi connectivity index (χ0n) is 10.2. The maximum absolute atomic E-state index is 12.3. The Balaban J connectivity index is 1.95. The molecule has 2 aliphatic rings. The molecule has 3 nitrogen and oxygen atoms in total. The largest absolute Gasteiger partial charge is 0.392 e. The molecule has 2 fully saturated rings. The number of nitrogens with two attached hydrogens (primary N) is 1. The van der Waals surface area contributed by atoms with Crippen LogP contribution in [0, 0.1) is 11.3 Å². The maximum Gasteiger partial charge on any atom is 0.233 e. The topological polar surface area (TPSA) is 55.1 Å². The van der Waals surface area contributed by atoms with E-state index in [0.717, 1.165) is 37.2 Å². The van der Waals surface area contributed by atoms with E-state index in [-0.39, 0.29) is 5.91 Å². The summed E-state index contributed by atoms with van der Waals surface area (Å²) in [5.41, 5.74) is 5.23. The highest BCUT2D eigenvalue weighted by molar-refractivity contribution is 7.99. The van der Waals surface area contributed by atoms with Crippen LogP contribution in [0.25, 0.3) is 0 Å². The molecule has 5 heteroatoms. The highest BCUT2D eigenvalue weighted by Crippen LogP contribution is 2.46. The van der Waals surface area contributed by atoms with Crippen LogP contribution in [0.2, 0.25) is 0 Å². The molecule has 1 aliphatic heterocycles. The number of rotatable bonds is 3. The molecule has 1 saturated heterocycles.